The minimum atomic E-state index is -0.849. The molecule has 0 bridgehead atoms. The molecule has 1 aromatic heterocycles. The number of benzene rings is 2. The van der Waals surface area contributed by atoms with Gasteiger partial charge in [0.05, 0.1) is 6.10 Å². The number of aliphatic hydroxyl groups excluding tert-OH is 1. The molecular formula is C20H20N2O3. The van der Waals surface area contributed by atoms with Crippen molar-refractivity contribution in [1.29, 1.82) is 0 Å². The molecule has 5 heteroatoms. The van der Waals surface area contributed by atoms with Crippen molar-refractivity contribution in [2.45, 2.75) is 20.0 Å². The Morgan fingerprint density at radius 3 is 2.56 bits per heavy atom. The van der Waals surface area contributed by atoms with Crippen molar-refractivity contribution in [3.05, 3.63) is 81.3 Å². The number of rotatable bonds is 4. The van der Waals surface area contributed by atoms with Gasteiger partial charge in [-0.1, -0.05) is 36.4 Å². The third kappa shape index (κ3) is 3.61. The number of pyridine rings is 1. The van der Waals surface area contributed by atoms with Crippen LogP contribution in [0.1, 0.15) is 33.3 Å². The number of nitrogens with one attached hydrogen (secondary N) is 2. The lowest BCUT2D eigenvalue weighted by molar-refractivity contribution is 0.0914. The van der Waals surface area contributed by atoms with E-state index in [1.165, 1.54) is 0 Å². The molecule has 0 saturated heterocycles. The number of H-pyrrole nitrogens is 1. The van der Waals surface area contributed by atoms with Crippen molar-refractivity contribution in [3.8, 4) is 0 Å². The fourth-order valence-electron chi connectivity index (χ4n) is 2.95. The Labute approximate surface area is 145 Å². The Balaban J connectivity index is 1.74. The summed E-state index contributed by atoms with van der Waals surface area (Å²) in [5, 5.41) is 15.1. The number of carbonyl (C=O) groups is 1. The molecule has 0 saturated carbocycles. The first-order chi connectivity index (χ1) is 12.0. The van der Waals surface area contributed by atoms with E-state index >= 15 is 0 Å². The van der Waals surface area contributed by atoms with Gasteiger partial charge in [-0.15, -0.1) is 0 Å². The smallest absolute Gasteiger partial charge is 0.261 e. The summed E-state index contributed by atoms with van der Waals surface area (Å²) in [6, 6.07) is 15.3. The van der Waals surface area contributed by atoms with Gasteiger partial charge in [-0.25, -0.2) is 0 Å². The first-order valence-electron chi connectivity index (χ1n) is 8.11. The molecule has 1 heterocycles. The molecular weight excluding hydrogens is 316 g/mol. The van der Waals surface area contributed by atoms with Crippen molar-refractivity contribution >= 4 is 16.7 Å². The van der Waals surface area contributed by atoms with E-state index in [1.54, 1.807) is 19.9 Å². The average molecular weight is 336 g/mol. The molecule has 1 atom stereocenters. The zero-order valence-corrected chi connectivity index (χ0v) is 14.2. The highest BCUT2D eigenvalue weighted by molar-refractivity contribution is 5.95. The molecule has 5 nitrogen and oxygen atoms in total. The summed E-state index contributed by atoms with van der Waals surface area (Å²) in [6.45, 7) is 3.51. The molecule has 2 aromatic carbocycles. The van der Waals surface area contributed by atoms with Crippen LogP contribution in [0, 0.1) is 13.8 Å². The van der Waals surface area contributed by atoms with Gasteiger partial charge in [0.25, 0.3) is 11.5 Å². The van der Waals surface area contributed by atoms with Crippen LogP contribution in [-0.4, -0.2) is 22.5 Å². The van der Waals surface area contributed by atoms with E-state index in [-0.39, 0.29) is 12.1 Å². The molecule has 128 valence electrons. The summed E-state index contributed by atoms with van der Waals surface area (Å²) in [5.41, 5.74) is 1.69. The Kier molecular flexibility index (Phi) is 4.67. The Morgan fingerprint density at radius 1 is 1.12 bits per heavy atom. The number of aromatic amines is 1. The van der Waals surface area contributed by atoms with E-state index < -0.39 is 17.6 Å². The van der Waals surface area contributed by atoms with Gasteiger partial charge < -0.3 is 15.4 Å². The zero-order chi connectivity index (χ0) is 18.0. The van der Waals surface area contributed by atoms with Crippen molar-refractivity contribution in [2.24, 2.45) is 0 Å². The Hall–Kier alpha value is -2.92. The van der Waals surface area contributed by atoms with E-state index in [1.807, 2.05) is 42.5 Å². The van der Waals surface area contributed by atoms with E-state index in [2.05, 4.69) is 10.3 Å². The predicted molar refractivity (Wildman–Crippen MR) is 97.8 cm³/mol. The molecule has 1 amide bonds. The normalized spacial score (nSPS) is 12.1. The lowest BCUT2D eigenvalue weighted by Gasteiger charge is -2.14. The van der Waals surface area contributed by atoms with Crippen LogP contribution in [0.4, 0.5) is 0 Å². The fourth-order valence-corrected chi connectivity index (χ4v) is 2.95. The van der Waals surface area contributed by atoms with Gasteiger partial charge in [-0.05, 0) is 47.9 Å². The third-order valence-electron chi connectivity index (χ3n) is 4.21. The molecule has 0 fully saturated rings. The van der Waals surface area contributed by atoms with E-state index in [4.69, 9.17) is 0 Å². The molecule has 3 N–H and O–H groups in total. The number of hydrogen-bond donors (Lipinski definition) is 3. The van der Waals surface area contributed by atoms with Gasteiger partial charge in [0, 0.05) is 12.2 Å². The van der Waals surface area contributed by atoms with Gasteiger partial charge in [0.2, 0.25) is 0 Å². The zero-order valence-electron chi connectivity index (χ0n) is 14.2. The molecule has 3 rings (SSSR count). The van der Waals surface area contributed by atoms with Crippen LogP contribution >= 0.6 is 0 Å². The minimum Gasteiger partial charge on any atom is -0.387 e. The number of aryl methyl sites for hydroxylation is 2. The molecule has 0 radical (unpaired) electrons. The Bertz CT molecular complexity index is 992. The molecule has 1 unspecified atom stereocenters. The van der Waals surface area contributed by atoms with Crippen LogP contribution < -0.4 is 10.9 Å². The number of hydrogen-bond acceptors (Lipinski definition) is 3. The van der Waals surface area contributed by atoms with Gasteiger partial charge in [0.1, 0.15) is 5.56 Å². The van der Waals surface area contributed by atoms with Crippen molar-refractivity contribution in [2.75, 3.05) is 6.54 Å². The molecule has 0 aliphatic heterocycles. The third-order valence-corrected chi connectivity index (χ3v) is 4.21. The lowest BCUT2D eigenvalue weighted by atomic mass is 10.0. The number of aromatic nitrogens is 1. The molecule has 25 heavy (non-hydrogen) atoms. The van der Waals surface area contributed by atoms with Crippen LogP contribution in [-0.2, 0) is 0 Å². The number of carbonyl (C=O) groups excluding carboxylic acids is 1. The molecule has 0 aliphatic carbocycles. The number of amides is 1. The standard InChI is InChI=1S/C20H20N2O3/c1-12-9-13(2)22-20(25)18(12)19(24)21-11-17(23)16-8-7-14-5-3-4-6-15(14)10-16/h3-10,17,23H,11H2,1-2H3,(H,21,24)(H,22,25). The minimum absolute atomic E-state index is 0.0317. The maximum Gasteiger partial charge on any atom is 0.261 e. The van der Waals surface area contributed by atoms with Gasteiger partial charge in [-0.3, -0.25) is 9.59 Å². The van der Waals surface area contributed by atoms with E-state index in [0.717, 1.165) is 10.8 Å². The maximum atomic E-state index is 12.3. The van der Waals surface area contributed by atoms with Gasteiger partial charge >= 0.3 is 0 Å². The molecule has 0 spiro atoms. The van der Waals surface area contributed by atoms with Crippen LogP contribution in [0.3, 0.4) is 0 Å². The summed E-state index contributed by atoms with van der Waals surface area (Å²) in [6.07, 6.45) is -0.849. The predicted octanol–water partition coefficient (Wildman–Crippen LogP) is 2.61. The number of fused-ring (bicyclic) bond motifs is 1. The van der Waals surface area contributed by atoms with Gasteiger partial charge in [-0.2, -0.15) is 0 Å². The number of aliphatic hydroxyl groups is 1. The van der Waals surface area contributed by atoms with E-state index in [0.29, 0.717) is 16.8 Å². The highest BCUT2D eigenvalue weighted by Gasteiger charge is 2.16. The maximum absolute atomic E-state index is 12.3. The quantitative estimate of drug-likeness (QED) is 0.685. The second-order valence-electron chi connectivity index (χ2n) is 6.17. The second-order valence-corrected chi connectivity index (χ2v) is 6.17. The largest absolute Gasteiger partial charge is 0.387 e. The molecule has 3 aromatic rings. The van der Waals surface area contributed by atoms with Crippen LogP contribution in [0.15, 0.2) is 53.3 Å². The monoisotopic (exact) mass is 336 g/mol. The fraction of sp³-hybridized carbons (Fsp3) is 0.200. The highest BCUT2D eigenvalue weighted by Crippen LogP contribution is 2.20. The molecule has 0 aliphatic rings. The van der Waals surface area contributed by atoms with Crippen molar-refractivity contribution in [1.82, 2.24) is 10.3 Å². The van der Waals surface area contributed by atoms with E-state index in [9.17, 15) is 14.7 Å². The Morgan fingerprint density at radius 2 is 1.84 bits per heavy atom. The lowest BCUT2D eigenvalue weighted by Crippen LogP contribution is -2.33. The topological polar surface area (TPSA) is 82.2 Å². The van der Waals surface area contributed by atoms with Crippen LogP contribution in [0.5, 0.6) is 0 Å². The summed E-state index contributed by atoms with van der Waals surface area (Å²) < 4.78 is 0. The highest BCUT2D eigenvalue weighted by atomic mass is 16.3. The van der Waals surface area contributed by atoms with Gasteiger partial charge in [0.15, 0.2) is 0 Å². The van der Waals surface area contributed by atoms with Crippen molar-refractivity contribution < 1.29 is 9.90 Å². The second kappa shape index (κ2) is 6.91. The summed E-state index contributed by atoms with van der Waals surface area (Å²) in [4.78, 5) is 26.9. The van der Waals surface area contributed by atoms with Crippen LogP contribution in [0.25, 0.3) is 10.8 Å². The average Bonchev–Trinajstić information content (AvgIpc) is 2.58. The SMILES string of the molecule is Cc1cc(C)c(C(=O)NCC(O)c2ccc3ccccc3c2)c(=O)[nH]1. The first-order valence-corrected chi connectivity index (χ1v) is 8.11. The first kappa shape index (κ1) is 16.9. The summed E-state index contributed by atoms with van der Waals surface area (Å²) in [7, 11) is 0. The summed E-state index contributed by atoms with van der Waals surface area (Å²) in [5.74, 6) is -0.487. The summed E-state index contributed by atoms with van der Waals surface area (Å²) >= 11 is 0. The van der Waals surface area contributed by atoms with Crippen LogP contribution in [0.2, 0.25) is 0 Å². The van der Waals surface area contributed by atoms with Crippen molar-refractivity contribution in [3.63, 3.8) is 0 Å².